The van der Waals surface area contributed by atoms with E-state index in [4.69, 9.17) is 4.74 Å². The van der Waals surface area contributed by atoms with Crippen molar-refractivity contribution in [2.75, 3.05) is 25.5 Å². The minimum absolute atomic E-state index is 0.0207. The molecule has 110 valence electrons. The van der Waals surface area contributed by atoms with Crippen LogP contribution in [0.4, 0.5) is 5.13 Å². The molecule has 1 aromatic heterocycles. The zero-order chi connectivity index (χ0) is 14.7. The lowest BCUT2D eigenvalue weighted by molar-refractivity contribution is -0.116. The highest BCUT2D eigenvalue weighted by atomic mass is 32.1. The second-order valence-corrected chi connectivity index (χ2v) is 5.72. The summed E-state index contributed by atoms with van der Waals surface area (Å²) in [7, 11) is 1.83. The number of hydrogen-bond acceptors (Lipinski definition) is 5. The molecule has 0 radical (unpaired) electrons. The maximum absolute atomic E-state index is 11.7. The van der Waals surface area contributed by atoms with Gasteiger partial charge in [0.25, 0.3) is 0 Å². The van der Waals surface area contributed by atoms with Gasteiger partial charge in [-0.2, -0.15) is 0 Å². The van der Waals surface area contributed by atoms with Crippen LogP contribution in [0.25, 0.3) is 11.3 Å². The first-order chi connectivity index (χ1) is 10.3. The van der Waals surface area contributed by atoms with Gasteiger partial charge in [-0.15, -0.1) is 11.3 Å². The maximum Gasteiger partial charge on any atom is 0.227 e. The molecule has 0 saturated heterocycles. The summed E-state index contributed by atoms with van der Waals surface area (Å²) < 4.78 is 5.50. The lowest BCUT2D eigenvalue weighted by atomic mass is 10.1. The van der Waals surface area contributed by atoms with Crippen molar-refractivity contribution in [2.45, 2.75) is 12.8 Å². The molecule has 1 aliphatic heterocycles. The molecule has 1 aliphatic rings. The highest BCUT2D eigenvalue weighted by Gasteiger charge is 2.14. The van der Waals surface area contributed by atoms with Crippen LogP contribution in [0, 0.1) is 0 Å². The predicted molar refractivity (Wildman–Crippen MR) is 83.9 cm³/mol. The van der Waals surface area contributed by atoms with Crippen LogP contribution in [0.1, 0.15) is 12.0 Å². The molecule has 3 rings (SSSR count). The Labute approximate surface area is 127 Å². The molecular weight excluding hydrogens is 286 g/mol. The Bertz CT molecular complexity index is 654. The Hall–Kier alpha value is -1.92. The zero-order valence-corrected chi connectivity index (χ0v) is 12.6. The first kappa shape index (κ1) is 14.0. The second-order valence-electron chi connectivity index (χ2n) is 4.86. The minimum Gasteiger partial charge on any atom is -0.493 e. The van der Waals surface area contributed by atoms with Crippen molar-refractivity contribution in [3.63, 3.8) is 0 Å². The first-order valence-electron chi connectivity index (χ1n) is 6.92. The van der Waals surface area contributed by atoms with Crippen molar-refractivity contribution in [3.05, 3.63) is 29.1 Å². The van der Waals surface area contributed by atoms with Gasteiger partial charge >= 0.3 is 0 Å². The number of benzene rings is 1. The van der Waals surface area contributed by atoms with E-state index in [0.29, 0.717) is 18.1 Å². The van der Waals surface area contributed by atoms with Crippen LogP contribution in [0.15, 0.2) is 23.6 Å². The molecule has 0 saturated carbocycles. The number of carbonyl (C=O) groups excluding carboxylic acids is 1. The number of nitrogens with one attached hydrogen (secondary N) is 2. The van der Waals surface area contributed by atoms with E-state index in [1.54, 1.807) is 0 Å². The number of hydrogen-bond donors (Lipinski definition) is 2. The largest absolute Gasteiger partial charge is 0.493 e. The SMILES string of the molecule is CNCCC(=O)Nc1nc(-c2ccc3c(c2)CCO3)cs1. The van der Waals surface area contributed by atoms with E-state index in [1.165, 1.54) is 16.9 Å². The fourth-order valence-corrected chi connectivity index (χ4v) is 2.97. The Morgan fingerprint density at radius 3 is 3.24 bits per heavy atom. The van der Waals surface area contributed by atoms with Crippen molar-refractivity contribution >= 4 is 22.4 Å². The van der Waals surface area contributed by atoms with Crippen LogP contribution in [-0.4, -0.2) is 31.1 Å². The monoisotopic (exact) mass is 303 g/mol. The fourth-order valence-electron chi connectivity index (χ4n) is 2.23. The van der Waals surface area contributed by atoms with Crippen molar-refractivity contribution in [1.29, 1.82) is 0 Å². The van der Waals surface area contributed by atoms with E-state index in [-0.39, 0.29) is 5.91 Å². The number of rotatable bonds is 5. The van der Waals surface area contributed by atoms with Crippen molar-refractivity contribution in [1.82, 2.24) is 10.3 Å². The van der Waals surface area contributed by atoms with Gasteiger partial charge in [-0.1, -0.05) is 0 Å². The van der Waals surface area contributed by atoms with E-state index in [2.05, 4.69) is 21.7 Å². The van der Waals surface area contributed by atoms with E-state index in [0.717, 1.165) is 30.0 Å². The summed E-state index contributed by atoms with van der Waals surface area (Å²) in [6, 6.07) is 6.11. The van der Waals surface area contributed by atoms with Gasteiger partial charge in [-0.3, -0.25) is 4.79 Å². The molecule has 21 heavy (non-hydrogen) atoms. The number of thiazole rings is 1. The Morgan fingerprint density at radius 1 is 1.48 bits per heavy atom. The van der Waals surface area contributed by atoms with Gasteiger partial charge in [-0.05, 0) is 30.8 Å². The van der Waals surface area contributed by atoms with Crippen molar-refractivity contribution < 1.29 is 9.53 Å². The number of carbonyl (C=O) groups is 1. The Kier molecular flexibility index (Phi) is 4.17. The smallest absolute Gasteiger partial charge is 0.227 e. The predicted octanol–water partition coefficient (Wildman–Crippen LogP) is 2.29. The number of anilines is 1. The zero-order valence-electron chi connectivity index (χ0n) is 11.8. The highest BCUT2D eigenvalue weighted by Crippen LogP contribution is 2.31. The third-order valence-electron chi connectivity index (χ3n) is 3.34. The van der Waals surface area contributed by atoms with Crippen LogP contribution in [0.2, 0.25) is 0 Å². The van der Waals surface area contributed by atoms with Crippen LogP contribution in [0.3, 0.4) is 0 Å². The Morgan fingerprint density at radius 2 is 2.38 bits per heavy atom. The molecule has 0 spiro atoms. The minimum atomic E-state index is -0.0207. The van der Waals surface area contributed by atoms with Crippen LogP contribution >= 0.6 is 11.3 Å². The third kappa shape index (κ3) is 3.22. The number of ether oxygens (including phenoxy) is 1. The number of aromatic nitrogens is 1. The summed E-state index contributed by atoms with van der Waals surface area (Å²) in [5, 5.41) is 8.38. The van der Waals surface area contributed by atoms with Gasteiger partial charge in [-0.25, -0.2) is 4.98 Å². The van der Waals surface area contributed by atoms with Gasteiger partial charge in [0.15, 0.2) is 5.13 Å². The molecule has 2 heterocycles. The van der Waals surface area contributed by atoms with Crippen molar-refractivity contribution in [3.8, 4) is 17.0 Å². The van der Waals surface area contributed by atoms with Gasteiger partial charge in [0.1, 0.15) is 5.75 Å². The lowest BCUT2D eigenvalue weighted by Gasteiger charge is -2.02. The van der Waals surface area contributed by atoms with Gasteiger partial charge in [0.2, 0.25) is 5.91 Å². The summed E-state index contributed by atoms with van der Waals surface area (Å²) >= 11 is 1.44. The Balaban J connectivity index is 1.71. The van der Waals surface area contributed by atoms with Crippen molar-refractivity contribution in [2.24, 2.45) is 0 Å². The maximum atomic E-state index is 11.7. The molecule has 1 aromatic carbocycles. The molecule has 0 fully saturated rings. The molecule has 0 unspecified atom stereocenters. The molecular formula is C15H17N3O2S. The summed E-state index contributed by atoms with van der Waals surface area (Å²) in [4.78, 5) is 16.1. The molecule has 5 nitrogen and oxygen atoms in total. The van der Waals surface area contributed by atoms with Crippen LogP contribution < -0.4 is 15.4 Å². The summed E-state index contributed by atoms with van der Waals surface area (Å²) in [6.45, 7) is 1.41. The quantitative estimate of drug-likeness (QED) is 0.889. The summed E-state index contributed by atoms with van der Waals surface area (Å²) in [6.07, 6.45) is 1.39. The van der Waals surface area contributed by atoms with Crippen LogP contribution in [-0.2, 0) is 11.2 Å². The average molecular weight is 303 g/mol. The van der Waals surface area contributed by atoms with E-state index in [9.17, 15) is 4.79 Å². The van der Waals surface area contributed by atoms with Gasteiger partial charge in [0.05, 0.1) is 12.3 Å². The fraction of sp³-hybridized carbons (Fsp3) is 0.333. The summed E-state index contributed by atoms with van der Waals surface area (Å²) in [5.74, 6) is 0.946. The molecule has 0 aliphatic carbocycles. The number of nitrogens with zero attached hydrogens (tertiary/aromatic N) is 1. The second kappa shape index (κ2) is 6.24. The standard InChI is InChI=1S/C15H17N3O2S/c1-16-6-4-14(19)18-15-17-12(9-21-15)10-2-3-13-11(8-10)5-7-20-13/h2-3,8-9,16H,4-7H2,1H3,(H,17,18,19). The molecule has 0 atom stereocenters. The molecule has 2 aromatic rings. The lowest BCUT2D eigenvalue weighted by Crippen LogP contribution is -2.18. The third-order valence-corrected chi connectivity index (χ3v) is 4.10. The van der Waals surface area contributed by atoms with Gasteiger partial charge in [0, 0.05) is 30.3 Å². The molecule has 0 bridgehead atoms. The summed E-state index contributed by atoms with van der Waals surface area (Å²) in [5.41, 5.74) is 3.17. The van der Waals surface area contributed by atoms with Crippen LogP contribution in [0.5, 0.6) is 5.75 Å². The van der Waals surface area contributed by atoms with E-state index < -0.39 is 0 Å². The van der Waals surface area contributed by atoms with E-state index in [1.807, 2.05) is 24.6 Å². The average Bonchev–Trinajstić information content (AvgIpc) is 3.12. The molecule has 2 N–H and O–H groups in total. The highest BCUT2D eigenvalue weighted by molar-refractivity contribution is 7.14. The number of amides is 1. The molecule has 6 heteroatoms. The topological polar surface area (TPSA) is 63.2 Å². The van der Waals surface area contributed by atoms with Gasteiger partial charge < -0.3 is 15.4 Å². The normalized spacial score (nSPS) is 12.8. The number of fused-ring (bicyclic) bond motifs is 1. The van der Waals surface area contributed by atoms with E-state index >= 15 is 0 Å². The molecule has 1 amide bonds. The first-order valence-corrected chi connectivity index (χ1v) is 7.80.